The van der Waals surface area contributed by atoms with E-state index in [1.807, 2.05) is 38.1 Å². The molecule has 0 atom stereocenters. The molecule has 8 heteroatoms. The van der Waals surface area contributed by atoms with E-state index in [0.29, 0.717) is 35.9 Å². The molecule has 1 saturated heterocycles. The molecular formula is C25H26ClN3O3S. The van der Waals surface area contributed by atoms with Crippen molar-refractivity contribution in [3.63, 3.8) is 0 Å². The first-order chi connectivity index (χ1) is 15.8. The molecule has 1 aliphatic rings. The highest BCUT2D eigenvalue weighted by atomic mass is 35.5. The van der Waals surface area contributed by atoms with Gasteiger partial charge in [-0.3, -0.25) is 4.79 Å². The summed E-state index contributed by atoms with van der Waals surface area (Å²) in [6.45, 7) is 5.51. The Morgan fingerprint density at radius 1 is 1.03 bits per heavy atom. The van der Waals surface area contributed by atoms with E-state index in [9.17, 15) is 13.2 Å². The zero-order chi connectivity index (χ0) is 23.6. The lowest BCUT2D eigenvalue weighted by Crippen LogP contribution is -2.27. The van der Waals surface area contributed by atoms with Crippen LogP contribution in [0.1, 0.15) is 45.6 Å². The summed E-state index contributed by atoms with van der Waals surface area (Å²) >= 11 is 6.54. The van der Waals surface area contributed by atoms with E-state index in [2.05, 4.69) is 5.10 Å². The minimum atomic E-state index is -3.50. The molecule has 0 unspecified atom stereocenters. The molecule has 0 bridgehead atoms. The molecule has 1 aliphatic heterocycles. The lowest BCUT2D eigenvalue weighted by molar-refractivity contribution is 0.104. The Kier molecular flexibility index (Phi) is 6.83. The molecule has 172 valence electrons. The fourth-order valence-corrected chi connectivity index (χ4v) is 5.67. The largest absolute Gasteiger partial charge is 0.289 e. The van der Waals surface area contributed by atoms with Gasteiger partial charge in [0.2, 0.25) is 10.0 Å². The maximum atomic E-state index is 12.7. The lowest BCUT2D eigenvalue weighted by atomic mass is 10.1. The van der Waals surface area contributed by atoms with Gasteiger partial charge in [-0.05, 0) is 68.7 Å². The quantitative estimate of drug-likeness (QED) is 0.354. The number of nitrogens with zero attached hydrogens (tertiary/aromatic N) is 3. The molecule has 0 aliphatic carbocycles. The van der Waals surface area contributed by atoms with Crippen LogP contribution in [0, 0.1) is 13.8 Å². The van der Waals surface area contributed by atoms with Gasteiger partial charge in [-0.2, -0.15) is 9.40 Å². The molecule has 3 aromatic rings. The summed E-state index contributed by atoms with van der Waals surface area (Å²) in [6, 6.07) is 14.2. The Morgan fingerprint density at radius 2 is 1.67 bits per heavy atom. The number of carbonyl (C=O) groups is 1. The van der Waals surface area contributed by atoms with E-state index >= 15 is 0 Å². The van der Waals surface area contributed by atoms with Crippen LogP contribution in [-0.2, 0) is 16.6 Å². The Bertz CT molecular complexity index is 1290. The van der Waals surface area contributed by atoms with E-state index in [1.165, 1.54) is 28.1 Å². The van der Waals surface area contributed by atoms with Gasteiger partial charge in [0.15, 0.2) is 5.78 Å². The molecule has 4 rings (SSSR count). The third kappa shape index (κ3) is 5.11. The number of halogens is 1. The number of aromatic nitrogens is 2. The smallest absolute Gasteiger partial charge is 0.243 e. The van der Waals surface area contributed by atoms with Crippen molar-refractivity contribution in [2.75, 3.05) is 13.1 Å². The van der Waals surface area contributed by atoms with Crippen LogP contribution in [0.5, 0.6) is 0 Å². The zero-order valence-electron chi connectivity index (χ0n) is 18.7. The third-order valence-electron chi connectivity index (χ3n) is 5.81. The van der Waals surface area contributed by atoms with Crippen LogP contribution >= 0.6 is 11.6 Å². The number of aryl methyl sites for hydroxylation is 2. The average Bonchev–Trinajstić information content (AvgIpc) is 3.44. The first-order valence-corrected chi connectivity index (χ1v) is 12.7. The van der Waals surface area contributed by atoms with Gasteiger partial charge in [-0.25, -0.2) is 13.1 Å². The summed E-state index contributed by atoms with van der Waals surface area (Å²) < 4.78 is 28.5. The number of allylic oxidation sites excluding steroid dienone is 1. The van der Waals surface area contributed by atoms with Gasteiger partial charge in [0.05, 0.1) is 17.1 Å². The van der Waals surface area contributed by atoms with E-state index in [-0.39, 0.29) is 10.7 Å². The van der Waals surface area contributed by atoms with Gasteiger partial charge in [-0.15, -0.1) is 0 Å². The summed E-state index contributed by atoms with van der Waals surface area (Å²) in [5.41, 5.74) is 4.09. The van der Waals surface area contributed by atoms with E-state index in [4.69, 9.17) is 11.6 Å². The normalized spacial score (nSPS) is 14.9. The van der Waals surface area contributed by atoms with Crippen molar-refractivity contribution in [2.45, 2.75) is 38.1 Å². The lowest BCUT2D eigenvalue weighted by Gasteiger charge is -2.15. The molecule has 2 heterocycles. The number of hydrogen-bond donors (Lipinski definition) is 0. The second kappa shape index (κ2) is 9.63. The molecule has 6 nitrogen and oxygen atoms in total. The molecule has 1 aromatic heterocycles. The topological polar surface area (TPSA) is 72.3 Å². The first-order valence-electron chi connectivity index (χ1n) is 10.9. The van der Waals surface area contributed by atoms with Crippen LogP contribution in [0.2, 0.25) is 5.15 Å². The SMILES string of the molecule is Cc1ccc(Cn2nc(C)c(/C=C/C(=O)c3ccc(S(=O)(=O)N4CCCC4)cc3)c2Cl)cc1. The molecule has 0 radical (unpaired) electrons. The minimum absolute atomic E-state index is 0.209. The number of ketones is 1. The van der Waals surface area contributed by atoms with Crippen molar-refractivity contribution >= 4 is 33.5 Å². The van der Waals surface area contributed by atoms with Crippen LogP contribution < -0.4 is 0 Å². The highest BCUT2D eigenvalue weighted by Crippen LogP contribution is 2.24. The summed E-state index contributed by atoms with van der Waals surface area (Å²) in [5, 5.41) is 4.97. The van der Waals surface area contributed by atoms with Crippen molar-refractivity contribution in [2.24, 2.45) is 0 Å². The second-order valence-electron chi connectivity index (χ2n) is 8.27. The Morgan fingerprint density at radius 3 is 2.30 bits per heavy atom. The zero-order valence-corrected chi connectivity index (χ0v) is 20.2. The molecular weight excluding hydrogens is 458 g/mol. The average molecular weight is 484 g/mol. The Labute approximate surface area is 199 Å². The fourth-order valence-electron chi connectivity index (χ4n) is 3.85. The number of carbonyl (C=O) groups excluding carboxylic acids is 1. The first kappa shape index (κ1) is 23.4. The molecule has 0 saturated carbocycles. The van der Waals surface area contributed by atoms with Crippen molar-refractivity contribution < 1.29 is 13.2 Å². The molecule has 2 aromatic carbocycles. The van der Waals surface area contributed by atoms with Crippen molar-refractivity contribution in [3.05, 3.63) is 87.7 Å². The van der Waals surface area contributed by atoms with Crippen LogP contribution in [0.4, 0.5) is 0 Å². The predicted octanol–water partition coefficient (Wildman–Crippen LogP) is 4.88. The molecule has 0 N–H and O–H groups in total. The third-order valence-corrected chi connectivity index (χ3v) is 8.12. The van der Waals surface area contributed by atoms with Gasteiger partial charge in [0.1, 0.15) is 5.15 Å². The van der Waals surface area contributed by atoms with Gasteiger partial charge >= 0.3 is 0 Å². The van der Waals surface area contributed by atoms with Gasteiger partial charge in [0, 0.05) is 24.2 Å². The maximum Gasteiger partial charge on any atom is 0.243 e. The highest BCUT2D eigenvalue weighted by Gasteiger charge is 2.27. The van der Waals surface area contributed by atoms with Crippen LogP contribution in [0.3, 0.4) is 0 Å². The molecule has 0 spiro atoms. The Balaban J connectivity index is 1.48. The summed E-state index contributed by atoms with van der Waals surface area (Å²) in [4.78, 5) is 12.9. The highest BCUT2D eigenvalue weighted by molar-refractivity contribution is 7.89. The molecule has 33 heavy (non-hydrogen) atoms. The monoisotopic (exact) mass is 483 g/mol. The van der Waals surface area contributed by atoms with Crippen molar-refractivity contribution in [1.82, 2.24) is 14.1 Å². The van der Waals surface area contributed by atoms with Crippen LogP contribution in [0.25, 0.3) is 6.08 Å². The van der Waals surface area contributed by atoms with Crippen molar-refractivity contribution in [3.8, 4) is 0 Å². The molecule has 1 fully saturated rings. The van der Waals surface area contributed by atoms with E-state index in [0.717, 1.165) is 24.1 Å². The second-order valence-corrected chi connectivity index (χ2v) is 10.6. The van der Waals surface area contributed by atoms with E-state index < -0.39 is 10.0 Å². The van der Waals surface area contributed by atoms with Gasteiger partial charge in [0.25, 0.3) is 0 Å². The fraction of sp³-hybridized carbons (Fsp3) is 0.280. The number of rotatable bonds is 7. The minimum Gasteiger partial charge on any atom is -0.289 e. The summed E-state index contributed by atoms with van der Waals surface area (Å²) in [7, 11) is -3.50. The number of sulfonamides is 1. The maximum absolute atomic E-state index is 12.7. The van der Waals surface area contributed by atoms with Gasteiger partial charge < -0.3 is 0 Å². The van der Waals surface area contributed by atoms with Crippen LogP contribution in [-0.4, -0.2) is 41.4 Å². The van der Waals surface area contributed by atoms with Crippen LogP contribution in [0.15, 0.2) is 59.5 Å². The Hall–Kier alpha value is -2.74. The standard InChI is InChI=1S/C25H26ClN3O3S/c1-18-5-7-20(8-6-18)17-29-25(26)23(19(2)27-29)13-14-24(30)21-9-11-22(12-10-21)33(31,32)28-15-3-4-16-28/h5-14H,3-4,15-17H2,1-2H3/b14-13+. The number of hydrogen-bond acceptors (Lipinski definition) is 4. The number of benzene rings is 2. The summed E-state index contributed by atoms with van der Waals surface area (Å²) in [5.74, 6) is -0.234. The molecule has 0 amide bonds. The summed E-state index contributed by atoms with van der Waals surface area (Å²) in [6.07, 6.45) is 4.86. The van der Waals surface area contributed by atoms with E-state index in [1.54, 1.807) is 22.9 Å². The predicted molar refractivity (Wildman–Crippen MR) is 130 cm³/mol. The van der Waals surface area contributed by atoms with Gasteiger partial charge in [-0.1, -0.05) is 41.4 Å². The van der Waals surface area contributed by atoms with Crippen molar-refractivity contribution in [1.29, 1.82) is 0 Å².